The van der Waals surface area contributed by atoms with E-state index in [1.165, 1.54) is 0 Å². The zero-order valence-corrected chi connectivity index (χ0v) is 16.5. The van der Waals surface area contributed by atoms with Crippen molar-refractivity contribution in [3.63, 3.8) is 0 Å². The maximum atomic E-state index is 13.0. The van der Waals surface area contributed by atoms with Gasteiger partial charge in [-0.3, -0.25) is 4.79 Å². The zero-order valence-electron chi connectivity index (χ0n) is 12.5. The molecule has 23 heavy (non-hydrogen) atoms. The van der Waals surface area contributed by atoms with Crippen LogP contribution in [0, 0.1) is 0 Å². The molecule has 0 saturated carbocycles. The van der Waals surface area contributed by atoms with Crippen LogP contribution in [0.25, 0.3) is 0 Å². The van der Waals surface area contributed by atoms with E-state index in [1.54, 1.807) is 11.3 Å². The van der Waals surface area contributed by atoms with Crippen LogP contribution < -0.4 is 5.32 Å². The Morgan fingerprint density at radius 1 is 1.13 bits per heavy atom. The molecule has 0 atom stereocenters. The van der Waals surface area contributed by atoms with Gasteiger partial charge in [0.15, 0.2) is 0 Å². The lowest BCUT2D eigenvalue weighted by molar-refractivity contribution is -0.130. The number of thiophene rings is 1. The molecular weight excluding hydrogens is 442 g/mol. The summed E-state index contributed by atoms with van der Waals surface area (Å²) in [5.41, 5.74) is 0.571. The third-order valence-corrected chi connectivity index (χ3v) is 6.38. The molecule has 1 aromatic carbocycles. The van der Waals surface area contributed by atoms with Gasteiger partial charge in [-0.05, 0) is 58.6 Å². The number of hydrogen-bond acceptors (Lipinski definition) is 3. The van der Waals surface area contributed by atoms with E-state index >= 15 is 0 Å². The Hall–Kier alpha value is -0.690. The summed E-state index contributed by atoms with van der Waals surface area (Å²) >= 11 is 8.56. The van der Waals surface area contributed by atoms with Gasteiger partial charge in [0, 0.05) is 22.6 Å². The summed E-state index contributed by atoms with van der Waals surface area (Å²) in [6.45, 7) is 1.80. The first kappa shape index (κ1) is 17.1. The van der Waals surface area contributed by atoms with Gasteiger partial charge in [0.1, 0.15) is 0 Å². The van der Waals surface area contributed by atoms with Crippen LogP contribution in [0.2, 0.25) is 0 Å². The number of hydrogen-bond donors (Lipinski definition) is 1. The van der Waals surface area contributed by atoms with Crippen molar-refractivity contribution in [2.75, 3.05) is 13.2 Å². The lowest BCUT2D eigenvalue weighted by Crippen LogP contribution is -2.47. The van der Waals surface area contributed by atoms with Gasteiger partial charge in [0.2, 0.25) is 5.91 Å². The maximum absolute atomic E-state index is 13.0. The summed E-state index contributed by atoms with van der Waals surface area (Å²) in [7, 11) is 0. The number of halogens is 2. The van der Waals surface area contributed by atoms with Crippen LogP contribution in [0.3, 0.4) is 0 Å². The molecule has 0 unspecified atom stereocenters. The number of ether oxygens (including phenoxy) is 1. The third-order valence-electron chi connectivity index (χ3n) is 4.23. The Morgan fingerprint density at radius 3 is 2.43 bits per heavy atom. The average molecular weight is 459 g/mol. The van der Waals surface area contributed by atoms with Gasteiger partial charge in [-0.2, -0.15) is 0 Å². The van der Waals surface area contributed by atoms with E-state index in [1.807, 2.05) is 36.4 Å². The van der Waals surface area contributed by atoms with Crippen LogP contribution in [0.1, 0.15) is 23.3 Å². The molecule has 1 aliphatic rings. The van der Waals surface area contributed by atoms with Crippen molar-refractivity contribution in [2.45, 2.75) is 24.8 Å². The predicted octanol–water partition coefficient (Wildman–Crippen LogP) is 4.64. The predicted molar refractivity (Wildman–Crippen MR) is 99.7 cm³/mol. The van der Waals surface area contributed by atoms with Crippen molar-refractivity contribution < 1.29 is 9.53 Å². The van der Waals surface area contributed by atoms with Crippen LogP contribution in [-0.4, -0.2) is 19.1 Å². The molecule has 1 amide bonds. The van der Waals surface area contributed by atoms with Gasteiger partial charge < -0.3 is 10.1 Å². The number of rotatable bonds is 4. The monoisotopic (exact) mass is 457 g/mol. The van der Waals surface area contributed by atoms with Crippen LogP contribution >= 0.6 is 43.2 Å². The minimum absolute atomic E-state index is 0.0904. The van der Waals surface area contributed by atoms with E-state index in [0.29, 0.717) is 32.6 Å². The molecule has 1 aliphatic heterocycles. The largest absolute Gasteiger partial charge is 0.381 e. The van der Waals surface area contributed by atoms with Crippen molar-refractivity contribution in [3.8, 4) is 0 Å². The van der Waals surface area contributed by atoms with Crippen LogP contribution in [0.15, 0.2) is 44.7 Å². The van der Waals surface area contributed by atoms with Gasteiger partial charge in [0.05, 0.1) is 15.7 Å². The number of carbonyl (C=O) groups excluding carboxylic acids is 1. The standard InChI is InChI=1S/C17H17Br2NO2S/c18-13-3-1-12(2-4-13)17(7-9-22-10-8-17)16(21)20-11-14-5-6-15(19)23-14/h1-6H,7-11H2,(H,20,21). The Bertz CT molecular complexity index is 678. The average Bonchev–Trinajstić information content (AvgIpc) is 2.99. The van der Waals surface area contributed by atoms with E-state index < -0.39 is 5.41 Å². The Labute approximate surface area is 156 Å². The molecule has 1 fully saturated rings. The third kappa shape index (κ3) is 3.87. The Morgan fingerprint density at radius 2 is 1.83 bits per heavy atom. The second kappa shape index (κ2) is 7.47. The number of nitrogens with one attached hydrogen (secondary N) is 1. The van der Waals surface area contributed by atoms with Crippen molar-refractivity contribution >= 4 is 49.1 Å². The van der Waals surface area contributed by atoms with Gasteiger partial charge in [-0.1, -0.05) is 28.1 Å². The number of benzene rings is 1. The molecule has 3 nitrogen and oxygen atoms in total. The van der Waals surface area contributed by atoms with E-state index in [9.17, 15) is 4.79 Å². The van der Waals surface area contributed by atoms with Gasteiger partial charge in [0.25, 0.3) is 0 Å². The molecule has 1 saturated heterocycles. The molecule has 122 valence electrons. The molecule has 1 N–H and O–H groups in total. The molecule has 0 aliphatic carbocycles. The molecule has 3 rings (SSSR count). The van der Waals surface area contributed by atoms with Crippen LogP contribution in [0.4, 0.5) is 0 Å². The lowest BCUT2D eigenvalue weighted by Gasteiger charge is -2.36. The topological polar surface area (TPSA) is 38.3 Å². The summed E-state index contributed by atoms with van der Waals surface area (Å²) in [5.74, 6) is 0.0904. The Kier molecular flexibility index (Phi) is 5.57. The van der Waals surface area contributed by atoms with Gasteiger partial charge in [-0.25, -0.2) is 0 Å². The van der Waals surface area contributed by atoms with E-state index in [2.05, 4.69) is 37.2 Å². The molecule has 2 aromatic rings. The molecule has 2 heterocycles. The van der Waals surface area contributed by atoms with Crippen molar-refractivity contribution in [3.05, 3.63) is 55.1 Å². The second-order valence-electron chi connectivity index (χ2n) is 5.59. The fourth-order valence-electron chi connectivity index (χ4n) is 2.92. The first-order chi connectivity index (χ1) is 11.1. The molecule has 1 aromatic heterocycles. The number of carbonyl (C=O) groups is 1. The SMILES string of the molecule is O=C(NCc1ccc(Br)s1)C1(c2ccc(Br)cc2)CCOCC1. The second-order valence-corrected chi connectivity index (χ2v) is 9.05. The summed E-state index contributed by atoms with van der Waals surface area (Å²) < 4.78 is 7.59. The summed E-state index contributed by atoms with van der Waals surface area (Å²) in [5, 5.41) is 3.12. The van der Waals surface area contributed by atoms with Crippen molar-refractivity contribution in [2.24, 2.45) is 0 Å². The molecule has 0 radical (unpaired) electrons. The van der Waals surface area contributed by atoms with E-state index in [0.717, 1.165) is 18.7 Å². The fraction of sp³-hybridized carbons (Fsp3) is 0.353. The van der Waals surface area contributed by atoms with Crippen molar-refractivity contribution in [1.82, 2.24) is 5.32 Å². The minimum Gasteiger partial charge on any atom is -0.381 e. The minimum atomic E-state index is -0.493. The van der Waals surface area contributed by atoms with Crippen LogP contribution in [-0.2, 0) is 21.5 Å². The highest BCUT2D eigenvalue weighted by atomic mass is 79.9. The lowest BCUT2D eigenvalue weighted by atomic mass is 9.73. The van der Waals surface area contributed by atoms with Gasteiger partial charge >= 0.3 is 0 Å². The first-order valence-electron chi connectivity index (χ1n) is 7.46. The number of amides is 1. The van der Waals surface area contributed by atoms with E-state index in [-0.39, 0.29) is 5.91 Å². The fourth-order valence-corrected chi connectivity index (χ4v) is 4.61. The highest BCUT2D eigenvalue weighted by Gasteiger charge is 2.41. The molecular formula is C17H17Br2NO2S. The quantitative estimate of drug-likeness (QED) is 0.724. The smallest absolute Gasteiger partial charge is 0.231 e. The Balaban J connectivity index is 1.80. The highest BCUT2D eigenvalue weighted by Crippen LogP contribution is 2.36. The maximum Gasteiger partial charge on any atom is 0.231 e. The highest BCUT2D eigenvalue weighted by molar-refractivity contribution is 9.11. The summed E-state index contributed by atoms with van der Waals surface area (Å²) in [4.78, 5) is 14.1. The zero-order chi connectivity index (χ0) is 16.3. The summed E-state index contributed by atoms with van der Waals surface area (Å²) in [6.07, 6.45) is 1.43. The normalized spacial score (nSPS) is 17.0. The van der Waals surface area contributed by atoms with Crippen molar-refractivity contribution in [1.29, 1.82) is 0 Å². The molecule has 0 spiro atoms. The molecule has 6 heteroatoms. The van der Waals surface area contributed by atoms with E-state index in [4.69, 9.17) is 4.74 Å². The van der Waals surface area contributed by atoms with Crippen LogP contribution in [0.5, 0.6) is 0 Å². The first-order valence-corrected chi connectivity index (χ1v) is 9.87. The van der Waals surface area contributed by atoms with Gasteiger partial charge in [-0.15, -0.1) is 11.3 Å². The molecule has 0 bridgehead atoms. The summed E-state index contributed by atoms with van der Waals surface area (Å²) in [6, 6.07) is 12.1.